The van der Waals surface area contributed by atoms with E-state index in [0.29, 0.717) is 38.4 Å². The van der Waals surface area contributed by atoms with Crippen LogP contribution in [-0.2, 0) is 10.3 Å². The fourth-order valence-corrected chi connectivity index (χ4v) is 1.92. The Morgan fingerprint density at radius 3 is 2.88 bits per heavy atom. The smallest absolute Gasteiger partial charge is 0.137 e. The van der Waals surface area contributed by atoms with Gasteiger partial charge < -0.3 is 14.6 Å². The number of hydrogen-bond donors (Lipinski definition) is 1. The van der Waals surface area contributed by atoms with E-state index in [4.69, 9.17) is 9.47 Å². The molecule has 0 bridgehead atoms. The van der Waals surface area contributed by atoms with E-state index in [1.54, 1.807) is 12.4 Å². The summed E-state index contributed by atoms with van der Waals surface area (Å²) >= 11 is 0. The van der Waals surface area contributed by atoms with Crippen LogP contribution in [0.4, 0.5) is 0 Å². The highest BCUT2D eigenvalue weighted by molar-refractivity contribution is 5.28. The van der Waals surface area contributed by atoms with Gasteiger partial charge in [-0.2, -0.15) is 0 Å². The maximum absolute atomic E-state index is 10.5. The van der Waals surface area contributed by atoms with Crippen LogP contribution in [0.2, 0.25) is 0 Å². The summed E-state index contributed by atoms with van der Waals surface area (Å²) in [5.41, 5.74) is 0.0139. The van der Waals surface area contributed by atoms with E-state index in [0.717, 1.165) is 5.56 Å². The third-order valence-electron chi connectivity index (χ3n) is 2.88. The Morgan fingerprint density at radius 2 is 2.19 bits per heavy atom. The lowest BCUT2D eigenvalue weighted by Crippen LogP contribution is -2.33. The van der Waals surface area contributed by atoms with Crippen LogP contribution in [0.1, 0.15) is 25.3 Å². The summed E-state index contributed by atoms with van der Waals surface area (Å²) in [5.74, 6) is 0.708. The van der Waals surface area contributed by atoms with Gasteiger partial charge in [-0.15, -0.1) is 0 Å². The third kappa shape index (κ3) is 2.33. The molecule has 1 aliphatic rings. The molecule has 0 aromatic carbocycles. The minimum Gasteiger partial charge on any atom is -0.492 e. The zero-order valence-corrected chi connectivity index (χ0v) is 9.48. The first-order valence-corrected chi connectivity index (χ1v) is 5.63. The molecule has 1 fully saturated rings. The van der Waals surface area contributed by atoms with Crippen LogP contribution in [-0.4, -0.2) is 29.9 Å². The van der Waals surface area contributed by atoms with E-state index >= 15 is 0 Å². The van der Waals surface area contributed by atoms with Gasteiger partial charge in [-0.3, -0.25) is 4.98 Å². The largest absolute Gasteiger partial charge is 0.492 e. The standard InChI is InChI=1S/C12H17NO3/c1-2-16-11-7-10(8-13-9-11)12(14)3-5-15-6-4-12/h7-9,14H,2-6H2,1H3. The molecule has 0 unspecified atom stereocenters. The van der Waals surface area contributed by atoms with Crippen molar-refractivity contribution in [1.29, 1.82) is 0 Å². The van der Waals surface area contributed by atoms with Crippen molar-refractivity contribution in [3.8, 4) is 5.75 Å². The Morgan fingerprint density at radius 1 is 1.44 bits per heavy atom. The van der Waals surface area contributed by atoms with Gasteiger partial charge in [-0.05, 0) is 13.0 Å². The van der Waals surface area contributed by atoms with Gasteiger partial charge in [0.1, 0.15) is 5.75 Å². The van der Waals surface area contributed by atoms with Gasteiger partial charge in [0.2, 0.25) is 0 Å². The molecule has 0 amide bonds. The van der Waals surface area contributed by atoms with E-state index < -0.39 is 5.60 Å². The lowest BCUT2D eigenvalue weighted by Gasteiger charge is -2.32. The van der Waals surface area contributed by atoms with Crippen molar-refractivity contribution >= 4 is 0 Å². The molecule has 0 atom stereocenters. The average molecular weight is 223 g/mol. The molecule has 4 heteroatoms. The summed E-state index contributed by atoms with van der Waals surface area (Å²) < 4.78 is 10.6. The summed E-state index contributed by atoms with van der Waals surface area (Å²) in [6.45, 7) is 3.72. The predicted octanol–water partition coefficient (Wildman–Crippen LogP) is 1.48. The van der Waals surface area contributed by atoms with E-state index in [-0.39, 0.29) is 0 Å². The summed E-state index contributed by atoms with van der Waals surface area (Å²) in [7, 11) is 0. The maximum Gasteiger partial charge on any atom is 0.137 e. The van der Waals surface area contributed by atoms with Crippen molar-refractivity contribution in [1.82, 2.24) is 4.98 Å². The quantitative estimate of drug-likeness (QED) is 0.843. The molecule has 0 spiro atoms. The van der Waals surface area contributed by atoms with Gasteiger partial charge in [-0.25, -0.2) is 0 Å². The third-order valence-corrected chi connectivity index (χ3v) is 2.88. The Kier molecular flexibility index (Phi) is 3.41. The van der Waals surface area contributed by atoms with Crippen LogP contribution in [0.15, 0.2) is 18.5 Å². The molecule has 1 aromatic heterocycles. The second-order valence-corrected chi connectivity index (χ2v) is 3.99. The molecular weight excluding hydrogens is 206 g/mol. The van der Waals surface area contributed by atoms with E-state index in [1.165, 1.54) is 0 Å². The number of aliphatic hydroxyl groups is 1. The fraction of sp³-hybridized carbons (Fsp3) is 0.583. The molecule has 16 heavy (non-hydrogen) atoms. The fourth-order valence-electron chi connectivity index (χ4n) is 1.92. The number of ether oxygens (including phenoxy) is 2. The Labute approximate surface area is 95.2 Å². The zero-order valence-electron chi connectivity index (χ0n) is 9.48. The average Bonchev–Trinajstić information content (AvgIpc) is 2.31. The first-order valence-electron chi connectivity index (χ1n) is 5.63. The molecule has 0 saturated carbocycles. The van der Waals surface area contributed by atoms with Crippen LogP contribution in [0.3, 0.4) is 0 Å². The molecule has 4 nitrogen and oxygen atoms in total. The number of aromatic nitrogens is 1. The highest BCUT2D eigenvalue weighted by Crippen LogP contribution is 2.32. The van der Waals surface area contributed by atoms with E-state index in [1.807, 2.05) is 13.0 Å². The monoisotopic (exact) mass is 223 g/mol. The lowest BCUT2D eigenvalue weighted by atomic mass is 9.87. The minimum atomic E-state index is -0.807. The SMILES string of the molecule is CCOc1cncc(C2(O)CCOCC2)c1. The van der Waals surface area contributed by atoms with Gasteiger partial charge in [-0.1, -0.05) is 0 Å². The molecular formula is C12H17NO3. The number of hydrogen-bond acceptors (Lipinski definition) is 4. The van der Waals surface area contributed by atoms with Gasteiger partial charge in [0.15, 0.2) is 0 Å². The van der Waals surface area contributed by atoms with Gasteiger partial charge in [0.05, 0.1) is 18.4 Å². The lowest BCUT2D eigenvalue weighted by molar-refractivity contribution is -0.0682. The Bertz CT molecular complexity index is 348. The van der Waals surface area contributed by atoms with Crippen molar-refractivity contribution in [2.24, 2.45) is 0 Å². The van der Waals surface area contributed by atoms with Crippen molar-refractivity contribution in [2.45, 2.75) is 25.4 Å². The number of nitrogens with zero attached hydrogens (tertiary/aromatic N) is 1. The molecule has 2 heterocycles. The summed E-state index contributed by atoms with van der Waals surface area (Å²) in [5, 5.41) is 10.5. The van der Waals surface area contributed by atoms with Crippen LogP contribution in [0.25, 0.3) is 0 Å². The minimum absolute atomic E-state index is 0.593. The second-order valence-electron chi connectivity index (χ2n) is 3.99. The molecule has 88 valence electrons. The van der Waals surface area contributed by atoms with Crippen LogP contribution in [0.5, 0.6) is 5.75 Å². The molecule has 0 aliphatic carbocycles. The molecule has 1 aliphatic heterocycles. The van der Waals surface area contributed by atoms with Crippen LogP contribution >= 0.6 is 0 Å². The van der Waals surface area contributed by atoms with Crippen molar-refractivity contribution in [2.75, 3.05) is 19.8 Å². The first-order chi connectivity index (χ1) is 7.74. The van der Waals surface area contributed by atoms with E-state index in [2.05, 4.69) is 4.98 Å². The van der Waals surface area contributed by atoms with Crippen LogP contribution in [0, 0.1) is 0 Å². The van der Waals surface area contributed by atoms with Gasteiger partial charge in [0, 0.05) is 37.8 Å². The second kappa shape index (κ2) is 4.80. The predicted molar refractivity (Wildman–Crippen MR) is 59.4 cm³/mol. The zero-order chi connectivity index (χ0) is 11.4. The maximum atomic E-state index is 10.5. The summed E-state index contributed by atoms with van der Waals surface area (Å²) in [6, 6.07) is 1.86. The molecule has 2 rings (SSSR count). The van der Waals surface area contributed by atoms with Crippen molar-refractivity contribution in [3.05, 3.63) is 24.0 Å². The summed E-state index contributed by atoms with van der Waals surface area (Å²) in [6.07, 6.45) is 4.60. The molecule has 1 saturated heterocycles. The highest BCUT2D eigenvalue weighted by atomic mass is 16.5. The Balaban J connectivity index is 2.21. The van der Waals surface area contributed by atoms with Crippen molar-refractivity contribution in [3.63, 3.8) is 0 Å². The summed E-state index contributed by atoms with van der Waals surface area (Å²) in [4.78, 5) is 4.10. The number of pyridine rings is 1. The topological polar surface area (TPSA) is 51.6 Å². The van der Waals surface area contributed by atoms with Crippen LogP contribution < -0.4 is 4.74 Å². The van der Waals surface area contributed by atoms with Gasteiger partial charge in [0.25, 0.3) is 0 Å². The first kappa shape index (κ1) is 11.4. The van der Waals surface area contributed by atoms with Crippen molar-refractivity contribution < 1.29 is 14.6 Å². The molecule has 1 N–H and O–H groups in total. The molecule has 1 aromatic rings. The van der Waals surface area contributed by atoms with E-state index in [9.17, 15) is 5.11 Å². The van der Waals surface area contributed by atoms with Gasteiger partial charge >= 0.3 is 0 Å². The normalized spacial score (nSPS) is 19.4. The molecule has 0 radical (unpaired) electrons. The highest BCUT2D eigenvalue weighted by Gasteiger charge is 2.32. The number of rotatable bonds is 3. The Hall–Kier alpha value is -1.13.